The number of aryl methyl sites for hydroxylation is 1. The van der Waals surface area contributed by atoms with Crippen LogP contribution >= 0.6 is 0 Å². The molecule has 5 nitrogen and oxygen atoms in total. The summed E-state index contributed by atoms with van der Waals surface area (Å²) < 4.78 is 16.6. The summed E-state index contributed by atoms with van der Waals surface area (Å²) in [5.41, 5.74) is 0.0167. The smallest absolute Gasteiger partial charge is 0.338 e. The standard InChI is InChI=1S/C14H15FN2O3/c1-2-5-16-6-7-17(14(16)20)9-10-3-4-11(13(18)19)12(15)8-10/h3-4,6-8H,2,5,9H2,1H3,(H,18,19). The first-order valence-electron chi connectivity index (χ1n) is 6.30. The Hall–Kier alpha value is -2.37. The van der Waals surface area contributed by atoms with Gasteiger partial charge in [-0.1, -0.05) is 13.0 Å². The van der Waals surface area contributed by atoms with Gasteiger partial charge in [0.25, 0.3) is 0 Å². The average molecular weight is 278 g/mol. The van der Waals surface area contributed by atoms with Crippen LogP contribution in [0.15, 0.2) is 35.4 Å². The molecule has 2 aromatic rings. The summed E-state index contributed by atoms with van der Waals surface area (Å²) in [6.07, 6.45) is 4.18. The number of aromatic nitrogens is 2. The molecule has 1 N–H and O–H groups in total. The lowest BCUT2D eigenvalue weighted by Crippen LogP contribution is -2.24. The van der Waals surface area contributed by atoms with Gasteiger partial charge in [0.1, 0.15) is 5.82 Å². The number of nitrogens with zero attached hydrogens (tertiary/aromatic N) is 2. The molecule has 20 heavy (non-hydrogen) atoms. The molecular formula is C14H15FN2O3. The number of carboxylic acid groups (broad SMARTS) is 1. The van der Waals surface area contributed by atoms with E-state index in [0.29, 0.717) is 12.1 Å². The Balaban J connectivity index is 2.24. The van der Waals surface area contributed by atoms with Crippen LogP contribution in [0.5, 0.6) is 0 Å². The average Bonchev–Trinajstić information content (AvgIpc) is 2.72. The van der Waals surface area contributed by atoms with Gasteiger partial charge >= 0.3 is 11.7 Å². The van der Waals surface area contributed by atoms with Crippen molar-refractivity contribution in [1.29, 1.82) is 0 Å². The normalized spacial score (nSPS) is 10.7. The molecule has 0 aliphatic heterocycles. The van der Waals surface area contributed by atoms with Gasteiger partial charge in [-0.25, -0.2) is 14.0 Å². The molecule has 0 aliphatic rings. The van der Waals surface area contributed by atoms with Gasteiger partial charge in [-0.15, -0.1) is 0 Å². The molecule has 0 fully saturated rings. The third-order valence-electron chi connectivity index (χ3n) is 3.00. The topological polar surface area (TPSA) is 64.2 Å². The first-order chi connectivity index (χ1) is 9.52. The maximum atomic E-state index is 13.6. The van der Waals surface area contributed by atoms with E-state index in [9.17, 15) is 14.0 Å². The molecule has 1 aromatic carbocycles. The summed E-state index contributed by atoms with van der Waals surface area (Å²) in [5.74, 6) is -2.10. The summed E-state index contributed by atoms with van der Waals surface area (Å²) in [4.78, 5) is 22.7. The van der Waals surface area contributed by atoms with Gasteiger partial charge in [0.15, 0.2) is 0 Å². The van der Waals surface area contributed by atoms with E-state index in [1.165, 1.54) is 16.7 Å². The van der Waals surface area contributed by atoms with E-state index < -0.39 is 11.8 Å². The van der Waals surface area contributed by atoms with Crippen LogP contribution in [0.3, 0.4) is 0 Å². The SMILES string of the molecule is CCCn1ccn(Cc2ccc(C(=O)O)c(F)c2)c1=O. The minimum absolute atomic E-state index is 0.158. The van der Waals surface area contributed by atoms with E-state index in [1.54, 1.807) is 17.0 Å². The summed E-state index contributed by atoms with van der Waals surface area (Å²) in [5, 5.41) is 8.75. The lowest BCUT2D eigenvalue weighted by molar-refractivity contribution is 0.0692. The fourth-order valence-electron chi connectivity index (χ4n) is 2.01. The lowest BCUT2D eigenvalue weighted by atomic mass is 10.1. The van der Waals surface area contributed by atoms with E-state index in [0.717, 1.165) is 12.5 Å². The number of hydrogen-bond donors (Lipinski definition) is 1. The molecule has 1 aromatic heterocycles. The van der Waals surface area contributed by atoms with Crippen molar-refractivity contribution >= 4 is 5.97 Å². The summed E-state index contributed by atoms with van der Waals surface area (Å²) >= 11 is 0. The number of hydrogen-bond acceptors (Lipinski definition) is 2. The highest BCUT2D eigenvalue weighted by atomic mass is 19.1. The van der Waals surface area contributed by atoms with Crippen LogP contribution < -0.4 is 5.69 Å². The molecule has 0 spiro atoms. The van der Waals surface area contributed by atoms with E-state index in [-0.39, 0.29) is 17.8 Å². The number of carbonyl (C=O) groups is 1. The maximum Gasteiger partial charge on any atom is 0.338 e. The van der Waals surface area contributed by atoms with Crippen molar-refractivity contribution in [1.82, 2.24) is 9.13 Å². The zero-order valence-electron chi connectivity index (χ0n) is 11.0. The Bertz CT molecular complexity index is 688. The molecule has 0 unspecified atom stereocenters. The van der Waals surface area contributed by atoms with Crippen LogP contribution in [-0.2, 0) is 13.1 Å². The molecule has 0 atom stereocenters. The van der Waals surface area contributed by atoms with Crippen molar-refractivity contribution in [3.63, 3.8) is 0 Å². The fraction of sp³-hybridized carbons (Fsp3) is 0.286. The molecule has 2 rings (SSSR count). The highest BCUT2D eigenvalue weighted by Gasteiger charge is 2.11. The van der Waals surface area contributed by atoms with E-state index in [1.807, 2.05) is 6.92 Å². The lowest BCUT2D eigenvalue weighted by Gasteiger charge is -2.04. The van der Waals surface area contributed by atoms with Crippen LogP contribution in [0.1, 0.15) is 29.3 Å². The van der Waals surface area contributed by atoms with Crippen molar-refractivity contribution < 1.29 is 14.3 Å². The third kappa shape index (κ3) is 2.79. The molecule has 0 amide bonds. The molecule has 106 valence electrons. The largest absolute Gasteiger partial charge is 0.478 e. The highest BCUT2D eigenvalue weighted by Crippen LogP contribution is 2.11. The van der Waals surface area contributed by atoms with E-state index in [4.69, 9.17) is 5.11 Å². The number of carboxylic acids is 1. The minimum atomic E-state index is -1.31. The molecular weight excluding hydrogens is 263 g/mol. The predicted octanol–water partition coefficient (Wildman–Crippen LogP) is 1.95. The molecule has 0 aliphatic carbocycles. The highest BCUT2D eigenvalue weighted by molar-refractivity contribution is 5.87. The third-order valence-corrected chi connectivity index (χ3v) is 3.00. The number of imidazole rings is 1. The second-order valence-corrected chi connectivity index (χ2v) is 4.52. The van der Waals surface area contributed by atoms with Gasteiger partial charge in [-0.05, 0) is 24.1 Å². The Kier molecular flexibility index (Phi) is 4.02. The number of aromatic carboxylic acids is 1. The second kappa shape index (κ2) is 5.73. The number of rotatable bonds is 5. The van der Waals surface area contributed by atoms with Crippen LogP contribution in [-0.4, -0.2) is 20.2 Å². The molecule has 0 saturated heterocycles. The van der Waals surface area contributed by atoms with E-state index in [2.05, 4.69) is 0 Å². The summed E-state index contributed by atoms with van der Waals surface area (Å²) in [6, 6.07) is 3.87. The Morgan fingerprint density at radius 1 is 1.30 bits per heavy atom. The summed E-state index contributed by atoms with van der Waals surface area (Å²) in [6.45, 7) is 2.83. The summed E-state index contributed by atoms with van der Waals surface area (Å²) in [7, 11) is 0. The van der Waals surface area contributed by atoms with Crippen molar-refractivity contribution in [2.24, 2.45) is 0 Å². The van der Waals surface area contributed by atoms with Crippen LogP contribution in [0.4, 0.5) is 4.39 Å². The van der Waals surface area contributed by atoms with Gasteiger partial charge in [-0.2, -0.15) is 0 Å². The van der Waals surface area contributed by atoms with Crippen LogP contribution in [0.2, 0.25) is 0 Å². The maximum absolute atomic E-state index is 13.6. The predicted molar refractivity (Wildman–Crippen MR) is 71.4 cm³/mol. The number of benzene rings is 1. The van der Waals surface area contributed by atoms with Crippen molar-refractivity contribution in [2.75, 3.05) is 0 Å². The molecule has 0 bridgehead atoms. The van der Waals surface area contributed by atoms with Crippen molar-refractivity contribution in [3.8, 4) is 0 Å². The van der Waals surface area contributed by atoms with Crippen molar-refractivity contribution in [2.45, 2.75) is 26.4 Å². The van der Waals surface area contributed by atoms with E-state index >= 15 is 0 Å². The van der Waals surface area contributed by atoms with Gasteiger partial charge in [0.2, 0.25) is 0 Å². The molecule has 0 saturated carbocycles. The zero-order valence-corrected chi connectivity index (χ0v) is 11.0. The quantitative estimate of drug-likeness (QED) is 0.909. The van der Waals surface area contributed by atoms with Gasteiger partial charge < -0.3 is 5.11 Å². The van der Waals surface area contributed by atoms with Gasteiger partial charge in [-0.3, -0.25) is 9.13 Å². The second-order valence-electron chi connectivity index (χ2n) is 4.52. The minimum Gasteiger partial charge on any atom is -0.478 e. The zero-order chi connectivity index (χ0) is 14.7. The molecule has 0 radical (unpaired) electrons. The Morgan fingerprint density at radius 3 is 2.60 bits per heavy atom. The Labute approximate surface area is 114 Å². The first-order valence-corrected chi connectivity index (χ1v) is 6.30. The fourth-order valence-corrected chi connectivity index (χ4v) is 2.01. The monoisotopic (exact) mass is 278 g/mol. The first kappa shape index (κ1) is 14.0. The van der Waals surface area contributed by atoms with Gasteiger partial charge in [0, 0.05) is 18.9 Å². The van der Waals surface area contributed by atoms with Gasteiger partial charge in [0.05, 0.1) is 12.1 Å². The number of halogens is 1. The van der Waals surface area contributed by atoms with Crippen LogP contribution in [0.25, 0.3) is 0 Å². The Morgan fingerprint density at radius 2 is 2.00 bits per heavy atom. The van der Waals surface area contributed by atoms with Crippen molar-refractivity contribution in [3.05, 3.63) is 58.0 Å². The molecule has 6 heteroatoms. The molecule has 1 heterocycles. The van der Waals surface area contributed by atoms with Crippen LogP contribution in [0, 0.1) is 5.82 Å².